The predicted molar refractivity (Wildman–Crippen MR) is 215 cm³/mol. The van der Waals surface area contributed by atoms with Crippen molar-refractivity contribution in [1.82, 2.24) is 0 Å². The van der Waals surface area contributed by atoms with Crippen LogP contribution in [0, 0.1) is 0 Å². The van der Waals surface area contributed by atoms with Gasteiger partial charge in [0.15, 0.2) is 6.10 Å². The number of carbonyl (C=O) groups is 2. The van der Waals surface area contributed by atoms with E-state index in [1.807, 2.05) is 21.1 Å². The van der Waals surface area contributed by atoms with E-state index in [4.69, 9.17) is 18.5 Å². The van der Waals surface area contributed by atoms with Crippen LogP contribution in [0.5, 0.6) is 0 Å². The third kappa shape index (κ3) is 38.7. The Labute approximate surface area is 321 Å². The maximum absolute atomic E-state index is 12.6. The first-order valence-corrected chi connectivity index (χ1v) is 23.3. The Hall–Kier alpha value is -0.990. The van der Waals surface area contributed by atoms with Crippen LogP contribution in [0.2, 0.25) is 0 Å². The second-order valence-electron chi connectivity index (χ2n) is 16.1. The molecule has 0 aromatic heterocycles. The average Bonchev–Trinajstić information content (AvgIpc) is 3.09. The molecular formula is C42H85NO8P+. The summed E-state index contributed by atoms with van der Waals surface area (Å²) in [5.74, 6) is -0.788. The van der Waals surface area contributed by atoms with Crippen LogP contribution in [-0.2, 0) is 32.7 Å². The summed E-state index contributed by atoms with van der Waals surface area (Å²) < 4.78 is 34.2. The van der Waals surface area contributed by atoms with Gasteiger partial charge in [-0.05, 0) is 12.8 Å². The van der Waals surface area contributed by atoms with E-state index in [0.717, 1.165) is 32.1 Å². The molecule has 1 N–H and O–H groups in total. The van der Waals surface area contributed by atoms with Gasteiger partial charge in [0.25, 0.3) is 0 Å². The van der Waals surface area contributed by atoms with Gasteiger partial charge in [0.05, 0.1) is 27.7 Å². The van der Waals surface area contributed by atoms with E-state index in [0.29, 0.717) is 23.9 Å². The number of hydrogen-bond acceptors (Lipinski definition) is 7. The summed E-state index contributed by atoms with van der Waals surface area (Å²) in [6.07, 6.45) is 34.4. The maximum Gasteiger partial charge on any atom is 0.472 e. The molecule has 0 bridgehead atoms. The molecule has 0 saturated carbocycles. The highest BCUT2D eigenvalue weighted by Gasteiger charge is 2.27. The van der Waals surface area contributed by atoms with Crippen molar-refractivity contribution in [2.24, 2.45) is 0 Å². The van der Waals surface area contributed by atoms with E-state index in [1.54, 1.807) is 0 Å². The molecule has 2 unspecified atom stereocenters. The molecule has 2 atom stereocenters. The summed E-state index contributed by atoms with van der Waals surface area (Å²) in [7, 11) is 1.49. The lowest BCUT2D eigenvalue weighted by Crippen LogP contribution is -2.37. The topological polar surface area (TPSA) is 108 Å². The summed E-state index contributed by atoms with van der Waals surface area (Å²) in [5.41, 5.74) is 0. The average molecular weight is 763 g/mol. The predicted octanol–water partition coefficient (Wildman–Crippen LogP) is 12.0. The first-order valence-electron chi connectivity index (χ1n) is 21.8. The molecule has 0 aliphatic heterocycles. The first-order chi connectivity index (χ1) is 25.0. The Morgan fingerprint density at radius 1 is 0.519 bits per heavy atom. The number of quaternary nitrogens is 1. The SMILES string of the molecule is CCCCCCCCCCCCCCCCCCCCCC(=O)OCC(COP(=O)(O)OCC[N+](C)(C)C)OC(=O)CCCCCCCCCCC. The van der Waals surface area contributed by atoms with Gasteiger partial charge in [0, 0.05) is 12.8 Å². The van der Waals surface area contributed by atoms with Crippen LogP contribution >= 0.6 is 7.82 Å². The minimum absolute atomic E-state index is 0.0365. The van der Waals surface area contributed by atoms with Crippen LogP contribution in [0.1, 0.15) is 206 Å². The van der Waals surface area contributed by atoms with E-state index < -0.39 is 26.5 Å². The molecule has 0 heterocycles. The Morgan fingerprint density at radius 2 is 0.865 bits per heavy atom. The van der Waals surface area contributed by atoms with E-state index in [1.165, 1.54) is 141 Å². The van der Waals surface area contributed by atoms with Crippen molar-refractivity contribution in [3.8, 4) is 0 Å². The highest BCUT2D eigenvalue weighted by molar-refractivity contribution is 7.47. The van der Waals surface area contributed by atoms with Gasteiger partial charge in [-0.3, -0.25) is 18.6 Å². The lowest BCUT2D eigenvalue weighted by molar-refractivity contribution is -0.870. The van der Waals surface area contributed by atoms with Gasteiger partial charge in [0.2, 0.25) is 0 Å². The fraction of sp³-hybridized carbons (Fsp3) is 0.952. The van der Waals surface area contributed by atoms with Crippen molar-refractivity contribution in [2.45, 2.75) is 213 Å². The number of nitrogens with zero attached hydrogens (tertiary/aromatic N) is 1. The fourth-order valence-electron chi connectivity index (χ4n) is 6.19. The normalized spacial score (nSPS) is 13.6. The maximum atomic E-state index is 12.6. The molecule has 0 aromatic carbocycles. The second-order valence-corrected chi connectivity index (χ2v) is 17.6. The van der Waals surface area contributed by atoms with Crippen molar-refractivity contribution >= 4 is 19.8 Å². The van der Waals surface area contributed by atoms with Crippen molar-refractivity contribution in [1.29, 1.82) is 0 Å². The summed E-state index contributed by atoms with van der Waals surface area (Å²) in [6.45, 7) is 4.43. The van der Waals surface area contributed by atoms with Gasteiger partial charge in [-0.25, -0.2) is 4.57 Å². The van der Waals surface area contributed by atoms with Gasteiger partial charge >= 0.3 is 19.8 Å². The molecule has 0 saturated heterocycles. The summed E-state index contributed by atoms with van der Waals surface area (Å²) in [5, 5.41) is 0. The molecule has 0 rings (SSSR count). The Morgan fingerprint density at radius 3 is 1.23 bits per heavy atom. The number of phosphoric ester groups is 1. The number of likely N-dealkylation sites (N-methyl/N-ethyl adjacent to an activating group) is 1. The van der Waals surface area contributed by atoms with Crippen LogP contribution in [0.4, 0.5) is 0 Å². The molecule has 10 heteroatoms. The second kappa shape index (κ2) is 35.7. The molecule has 0 amide bonds. The minimum Gasteiger partial charge on any atom is -0.462 e. The lowest BCUT2D eigenvalue weighted by atomic mass is 10.0. The smallest absolute Gasteiger partial charge is 0.462 e. The quantitative estimate of drug-likeness (QED) is 0.0284. The Bertz CT molecular complexity index is 865. The van der Waals surface area contributed by atoms with Crippen molar-refractivity contribution in [3.05, 3.63) is 0 Å². The number of esters is 2. The standard InChI is InChI=1S/C42H84NO8P/c1-6-8-10-12-14-16-17-18-19-20-21-22-23-24-25-27-28-30-32-34-41(44)48-38-40(39-50-52(46,47)49-37-36-43(3,4)5)51-42(45)35-33-31-29-26-15-13-11-9-7-2/h40H,6-39H2,1-5H3/p+1. The molecule has 310 valence electrons. The number of ether oxygens (including phenoxy) is 2. The van der Waals surface area contributed by atoms with Crippen LogP contribution in [0.15, 0.2) is 0 Å². The van der Waals surface area contributed by atoms with Gasteiger partial charge in [-0.2, -0.15) is 0 Å². The number of carbonyl (C=O) groups excluding carboxylic acids is 2. The fourth-order valence-corrected chi connectivity index (χ4v) is 6.93. The van der Waals surface area contributed by atoms with Gasteiger partial charge < -0.3 is 18.9 Å². The van der Waals surface area contributed by atoms with Gasteiger partial charge in [-0.15, -0.1) is 0 Å². The summed E-state index contributed by atoms with van der Waals surface area (Å²) >= 11 is 0. The van der Waals surface area contributed by atoms with E-state index in [-0.39, 0.29) is 25.6 Å². The van der Waals surface area contributed by atoms with Gasteiger partial charge in [-0.1, -0.05) is 181 Å². The molecule has 9 nitrogen and oxygen atoms in total. The molecule has 0 aliphatic carbocycles. The van der Waals surface area contributed by atoms with E-state index in [2.05, 4.69) is 13.8 Å². The highest BCUT2D eigenvalue weighted by Crippen LogP contribution is 2.43. The van der Waals surface area contributed by atoms with Crippen LogP contribution in [0.25, 0.3) is 0 Å². The zero-order valence-corrected chi connectivity index (χ0v) is 35.7. The summed E-state index contributed by atoms with van der Waals surface area (Å²) in [4.78, 5) is 35.2. The van der Waals surface area contributed by atoms with Crippen LogP contribution in [-0.4, -0.2) is 74.9 Å². The zero-order chi connectivity index (χ0) is 38.6. The zero-order valence-electron chi connectivity index (χ0n) is 34.8. The van der Waals surface area contributed by atoms with Crippen molar-refractivity contribution in [3.63, 3.8) is 0 Å². The highest BCUT2D eigenvalue weighted by atomic mass is 31.2. The number of hydrogen-bond donors (Lipinski definition) is 1. The lowest BCUT2D eigenvalue weighted by Gasteiger charge is -2.24. The largest absolute Gasteiger partial charge is 0.472 e. The van der Waals surface area contributed by atoms with E-state index in [9.17, 15) is 19.0 Å². The third-order valence-corrected chi connectivity index (χ3v) is 10.6. The molecule has 0 radical (unpaired) electrons. The van der Waals surface area contributed by atoms with E-state index >= 15 is 0 Å². The molecular weight excluding hydrogens is 677 g/mol. The Balaban J connectivity index is 4.20. The molecule has 0 spiro atoms. The third-order valence-electron chi connectivity index (χ3n) is 9.64. The number of phosphoric acid groups is 1. The summed E-state index contributed by atoms with van der Waals surface area (Å²) in [6, 6.07) is 0. The minimum atomic E-state index is -4.36. The van der Waals surface area contributed by atoms with Crippen molar-refractivity contribution < 1.29 is 42.1 Å². The van der Waals surface area contributed by atoms with Crippen LogP contribution in [0.3, 0.4) is 0 Å². The monoisotopic (exact) mass is 763 g/mol. The first kappa shape index (κ1) is 51.0. The Kier molecular flexibility index (Phi) is 35.0. The molecule has 0 aliphatic rings. The van der Waals surface area contributed by atoms with Gasteiger partial charge in [0.1, 0.15) is 19.8 Å². The molecule has 0 aromatic rings. The number of rotatable bonds is 40. The molecule has 0 fully saturated rings. The van der Waals surface area contributed by atoms with Crippen molar-refractivity contribution in [2.75, 3.05) is 47.5 Å². The number of unbranched alkanes of at least 4 members (excludes halogenated alkanes) is 26. The van der Waals surface area contributed by atoms with Crippen LogP contribution < -0.4 is 0 Å². The molecule has 52 heavy (non-hydrogen) atoms.